The summed E-state index contributed by atoms with van der Waals surface area (Å²) in [7, 11) is 0. The molecule has 0 aliphatic carbocycles. The molecule has 0 amide bonds. The monoisotopic (exact) mass is 163 g/mol. The van der Waals surface area contributed by atoms with Crippen molar-refractivity contribution in [3.05, 3.63) is 0 Å². The maximum Gasteiger partial charge on any atom is 0.0468 e. The fourth-order valence-corrected chi connectivity index (χ4v) is 1.82. The normalized spacial score (nSPS) is 24.5. The minimum Gasteiger partial charge on any atom is -0.772 e. The van der Waals surface area contributed by atoms with Crippen molar-refractivity contribution in [1.29, 1.82) is 0 Å². The van der Waals surface area contributed by atoms with Crippen molar-refractivity contribution in [3.8, 4) is 0 Å². The SMILES string of the molecule is O=S([O-])CC1CCOCC1. The molecular formula is C6H11O3S-. The van der Waals surface area contributed by atoms with Crippen LogP contribution in [0.2, 0.25) is 0 Å². The van der Waals surface area contributed by atoms with Gasteiger partial charge < -0.3 is 9.29 Å². The molecule has 60 valence electrons. The van der Waals surface area contributed by atoms with E-state index >= 15 is 0 Å². The highest BCUT2D eigenvalue weighted by atomic mass is 32.2. The molecule has 0 aromatic rings. The van der Waals surface area contributed by atoms with Crippen LogP contribution < -0.4 is 0 Å². The fraction of sp³-hybridized carbons (Fsp3) is 1.00. The van der Waals surface area contributed by atoms with E-state index in [0.29, 0.717) is 11.7 Å². The van der Waals surface area contributed by atoms with Gasteiger partial charge in [0.1, 0.15) is 0 Å². The van der Waals surface area contributed by atoms with E-state index in [1.165, 1.54) is 0 Å². The predicted octanol–water partition coefficient (Wildman–Crippen LogP) is 0.292. The van der Waals surface area contributed by atoms with E-state index in [2.05, 4.69) is 0 Å². The summed E-state index contributed by atoms with van der Waals surface area (Å²) in [6.07, 6.45) is 1.79. The highest BCUT2D eigenvalue weighted by Gasteiger charge is 2.12. The van der Waals surface area contributed by atoms with Crippen molar-refractivity contribution in [2.24, 2.45) is 5.92 Å². The lowest BCUT2D eigenvalue weighted by Crippen LogP contribution is -2.20. The molecule has 0 N–H and O–H groups in total. The van der Waals surface area contributed by atoms with Gasteiger partial charge in [0.2, 0.25) is 0 Å². The summed E-state index contributed by atoms with van der Waals surface area (Å²) < 4.78 is 25.5. The zero-order valence-electron chi connectivity index (χ0n) is 5.75. The molecule has 0 saturated carbocycles. The highest BCUT2D eigenvalue weighted by Crippen LogP contribution is 2.14. The van der Waals surface area contributed by atoms with Gasteiger partial charge in [-0.1, -0.05) is 11.1 Å². The topological polar surface area (TPSA) is 49.4 Å². The summed E-state index contributed by atoms with van der Waals surface area (Å²) in [5.74, 6) is 0.649. The van der Waals surface area contributed by atoms with E-state index in [-0.39, 0.29) is 0 Å². The largest absolute Gasteiger partial charge is 0.772 e. The molecule has 1 atom stereocenters. The summed E-state index contributed by atoms with van der Waals surface area (Å²) in [5.41, 5.74) is 0. The first kappa shape index (κ1) is 8.17. The lowest BCUT2D eigenvalue weighted by Gasteiger charge is -2.22. The van der Waals surface area contributed by atoms with Crippen LogP contribution in [0, 0.1) is 5.92 Å². The zero-order valence-corrected chi connectivity index (χ0v) is 6.56. The van der Waals surface area contributed by atoms with E-state index in [9.17, 15) is 8.76 Å². The smallest absolute Gasteiger partial charge is 0.0468 e. The van der Waals surface area contributed by atoms with E-state index in [1.807, 2.05) is 0 Å². The predicted molar refractivity (Wildman–Crippen MR) is 37.3 cm³/mol. The molecule has 1 rings (SSSR count). The molecule has 3 nitrogen and oxygen atoms in total. The second-order valence-corrected chi connectivity index (χ2v) is 3.47. The third-order valence-electron chi connectivity index (χ3n) is 1.71. The Morgan fingerprint density at radius 3 is 2.60 bits per heavy atom. The van der Waals surface area contributed by atoms with Gasteiger partial charge in [-0.2, -0.15) is 0 Å². The average molecular weight is 163 g/mol. The molecule has 0 bridgehead atoms. The lowest BCUT2D eigenvalue weighted by atomic mass is 10.0. The molecule has 1 fully saturated rings. The molecule has 0 aromatic carbocycles. The van der Waals surface area contributed by atoms with Gasteiger partial charge in [-0.05, 0) is 18.8 Å². The van der Waals surface area contributed by atoms with Crippen LogP contribution in [0.5, 0.6) is 0 Å². The maximum absolute atomic E-state index is 10.2. The van der Waals surface area contributed by atoms with Gasteiger partial charge in [-0.15, -0.1) is 0 Å². The van der Waals surface area contributed by atoms with Crippen LogP contribution in [0.25, 0.3) is 0 Å². The van der Waals surface area contributed by atoms with Crippen LogP contribution in [0.15, 0.2) is 0 Å². The summed E-state index contributed by atoms with van der Waals surface area (Å²) in [6, 6.07) is 0. The quantitative estimate of drug-likeness (QED) is 0.550. The molecular weight excluding hydrogens is 152 g/mol. The Hall–Kier alpha value is 0.0700. The Balaban J connectivity index is 2.19. The van der Waals surface area contributed by atoms with Crippen LogP contribution in [-0.2, 0) is 15.8 Å². The molecule has 0 radical (unpaired) electrons. The Morgan fingerprint density at radius 2 is 2.10 bits per heavy atom. The summed E-state index contributed by atoms with van der Waals surface area (Å²) in [6.45, 7) is 1.45. The zero-order chi connectivity index (χ0) is 7.40. The second-order valence-electron chi connectivity index (χ2n) is 2.53. The van der Waals surface area contributed by atoms with Crippen LogP contribution in [-0.4, -0.2) is 27.7 Å². The number of hydrogen-bond acceptors (Lipinski definition) is 3. The van der Waals surface area contributed by atoms with Crippen molar-refractivity contribution < 1.29 is 13.5 Å². The maximum atomic E-state index is 10.2. The van der Waals surface area contributed by atoms with Gasteiger partial charge in [-0.3, -0.25) is 4.21 Å². The lowest BCUT2D eigenvalue weighted by molar-refractivity contribution is 0.0722. The third-order valence-corrected chi connectivity index (χ3v) is 2.46. The molecule has 1 aliphatic rings. The van der Waals surface area contributed by atoms with Gasteiger partial charge in [0.25, 0.3) is 0 Å². The minimum atomic E-state index is -1.87. The Bertz CT molecular complexity index is 120. The first-order chi connectivity index (χ1) is 4.79. The molecule has 4 heteroatoms. The van der Waals surface area contributed by atoms with Crippen LogP contribution in [0.1, 0.15) is 12.8 Å². The van der Waals surface area contributed by atoms with Gasteiger partial charge in [0.05, 0.1) is 0 Å². The summed E-state index contributed by atoms with van der Waals surface area (Å²) in [4.78, 5) is 0. The van der Waals surface area contributed by atoms with Gasteiger partial charge in [0, 0.05) is 19.0 Å². The van der Waals surface area contributed by atoms with E-state index in [4.69, 9.17) is 4.74 Å². The highest BCUT2D eigenvalue weighted by molar-refractivity contribution is 7.79. The Kier molecular flexibility index (Phi) is 3.31. The van der Waals surface area contributed by atoms with Crippen molar-refractivity contribution in [2.45, 2.75) is 12.8 Å². The van der Waals surface area contributed by atoms with E-state index in [1.54, 1.807) is 0 Å². The van der Waals surface area contributed by atoms with Crippen LogP contribution in [0.4, 0.5) is 0 Å². The fourth-order valence-electron chi connectivity index (χ4n) is 1.11. The molecule has 1 aliphatic heterocycles. The number of rotatable bonds is 2. The summed E-state index contributed by atoms with van der Waals surface area (Å²) >= 11 is -1.87. The Labute approximate surface area is 63.0 Å². The van der Waals surface area contributed by atoms with Gasteiger partial charge in [-0.25, -0.2) is 0 Å². The number of ether oxygens (including phenoxy) is 1. The molecule has 1 unspecified atom stereocenters. The van der Waals surface area contributed by atoms with Gasteiger partial charge >= 0.3 is 0 Å². The second kappa shape index (κ2) is 4.05. The van der Waals surface area contributed by atoms with Crippen molar-refractivity contribution >= 4 is 11.1 Å². The standard InChI is InChI=1S/C6H12O3S/c7-10(8)5-6-1-3-9-4-2-6/h6H,1-5H2,(H,7,8)/p-1. The minimum absolute atomic E-state index is 0.309. The molecule has 10 heavy (non-hydrogen) atoms. The van der Waals surface area contributed by atoms with Crippen LogP contribution >= 0.6 is 0 Å². The van der Waals surface area contributed by atoms with Crippen molar-refractivity contribution in [2.75, 3.05) is 19.0 Å². The first-order valence-corrected chi connectivity index (χ1v) is 4.67. The van der Waals surface area contributed by atoms with Crippen molar-refractivity contribution in [3.63, 3.8) is 0 Å². The van der Waals surface area contributed by atoms with Crippen molar-refractivity contribution in [1.82, 2.24) is 0 Å². The van der Waals surface area contributed by atoms with E-state index < -0.39 is 11.1 Å². The summed E-state index contributed by atoms with van der Waals surface area (Å²) in [5, 5.41) is 0. The Morgan fingerprint density at radius 1 is 1.50 bits per heavy atom. The number of hydrogen-bond donors (Lipinski definition) is 0. The van der Waals surface area contributed by atoms with Crippen LogP contribution in [0.3, 0.4) is 0 Å². The van der Waals surface area contributed by atoms with E-state index in [0.717, 1.165) is 26.1 Å². The molecule has 0 spiro atoms. The third kappa shape index (κ3) is 2.77. The molecule has 1 saturated heterocycles. The molecule has 1 heterocycles. The average Bonchev–Trinajstić information content (AvgIpc) is 1.88. The molecule has 0 aromatic heterocycles. The first-order valence-electron chi connectivity index (χ1n) is 3.42. The van der Waals surface area contributed by atoms with Gasteiger partial charge in [0.15, 0.2) is 0 Å².